The van der Waals surface area contributed by atoms with Gasteiger partial charge in [-0.2, -0.15) is 5.10 Å². The van der Waals surface area contributed by atoms with Crippen LogP contribution in [0.5, 0.6) is 5.75 Å². The summed E-state index contributed by atoms with van der Waals surface area (Å²) in [7, 11) is 1.84. The molecule has 44 heavy (non-hydrogen) atoms. The lowest BCUT2D eigenvalue weighted by atomic mass is 9.99. The van der Waals surface area contributed by atoms with Gasteiger partial charge in [0.05, 0.1) is 24.2 Å². The monoisotopic (exact) mass is 591 g/mol. The number of aromatic nitrogens is 2. The highest BCUT2D eigenvalue weighted by Crippen LogP contribution is 2.52. The van der Waals surface area contributed by atoms with Crippen molar-refractivity contribution in [1.29, 1.82) is 0 Å². The van der Waals surface area contributed by atoms with E-state index in [1.54, 1.807) is 6.20 Å². The number of nitrogens with two attached hydrogens (primary N) is 1. The Morgan fingerprint density at radius 1 is 1.09 bits per heavy atom. The smallest absolute Gasteiger partial charge is 0.341 e. The molecule has 228 valence electrons. The van der Waals surface area contributed by atoms with Crippen LogP contribution in [0.2, 0.25) is 0 Å². The Labute approximate surface area is 259 Å². The predicted octanol–water partition coefficient (Wildman–Crippen LogP) is 6.18. The summed E-state index contributed by atoms with van der Waals surface area (Å²) in [5.74, 6) is 0.873. The fraction of sp³-hybridized carbons (Fsp3) is 0.333. The minimum Gasteiger partial charge on any atom is -0.492 e. The summed E-state index contributed by atoms with van der Waals surface area (Å²) in [4.78, 5) is 15.4. The molecular formula is C36H41N5O3. The van der Waals surface area contributed by atoms with Crippen molar-refractivity contribution in [3.8, 4) is 22.6 Å². The van der Waals surface area contributed by atoms with Gasteiger partial charge in [-0.25, -0.2) is 9.48 Å². The third kappa shape index (κ3) is 5.95. The maximum absolute atomic E-state index is 12.9. The van der Waals surface area contributed by atoms with E-state index < -0.39 is 0 Å². The van der Waals surface area contributed by atoms with Gasteiger partial charge < -0.3 is 20.5 Å². The average molecular weight is 592 g/mol. The quantitative estimate of drug-likeness (QED) is 0.213. The molecule has 3 atom stereocenters. The molecule has 3 N–H and O–H groups in total. The van der Waals surface area contributed by atoms with E-state index in [4.69, 9.17) is 15.2 Å². The first-order valence-corrected chi connectivity index (χ1v) is 15.6. The predicted molar refractivity (Wildman–Crippen MR) is 173 cm³/mol. The molecule has 3 aromatic carbocycles. The molecule has 8 heteroatoms. The summed E-state index contributed by atoms with van der Waals surface area (Å²) >= 11 is 0. The first-order valence-electron chi connectivity index (χ1n) is 15.6. The summed E-state index contributed by atoms with van der Waals surface area (Å²) in [5, 5.41) is 7.70. The molecule has 8 nitrogen and oxygen atoms in total. The lowest BCUT2D eigenvalue weighted by molar-refractivity contribution is 0.0525. The van der Waals surface area contributed by atoms with Gasteiger partial charge in [-0.3, -0.25) is 4.90 Å². The summed E-state index contributed by atoms with van der Waals surface area (Å²) in [6.45, 7) is 6.74. The number of ether oxygens (including phenoxy) is 2. The van der Waals surface area contributed by atoms with Gasteiger partial charge in [-0.1, -0.05) is 55.5 Å². The van der Waals surface area contributed by atoms with E-state index in [0.29, 0.717) is 24.8 Å². The van der Waals surface area contributed by atoms with Crippen LogP contribution in [-0.4, -0.2) is 47.5 Å². The Morgan fingerprint density at radius 3 is 2.68 bits per heavy atom. The molecule has 1 fully saturated rings. The Hall–Kier alpha value is -4.56. The van der Waals surface area contributed by atoms with Gasteiger partial charge in [0.25, 0.3) is 0 Å². The number of benzene rings is 3. The third-order valence-electron chi connectivity index (χ3n) is 8.66. The van der Waals surface area contributed by atoms with Crippen LogP contribution in [0.25, 0.3) is 16.8 Å². The van der Waals surface area contributed by atoms with Crippen molar-refractivity contribution in [1.82, 2.24) is 20.0 Å². The SMILES string of the molecule is CCOC(=O)c1cnn(-c2cccc(-c3cccc(CN4CCOc5ccccc5C4CC)c3)c2)c1[C@@H]1CC1/C(N)=C/NC. The number of esters is 1. The van der Waals surface area contributed by atoms with Crippen LogP contribution in [0.15, 0.2) is 90.9 Å². The molecule has 0 saturated heterocycles. The lowest BCUT2D eigenvalue weighted by Crippen LogP contribution is -2.29. The normalized spacial score (nSPS) is 19.9. The van der Waals surface area contributed by atoms with Gasteiger partial charge in [0, 0.05) is 55.5 Å². The van der Waals surface area contributed by atoms with Crippen LogP contribution >= 0.6 is 0 Å². The summed E-state index contributed by atoms with van der Waals surface area (Å²) in [6.07, 6.45) is 5.32. The van der Waals surface area contributed by atoms with Crippen molar-refractivity contribution in [2.75, 3.05) is 26.8 Å². The van der Waals surface area contributed by atoms with Gasteiger partial charge in [0.2, 0.25) is 0 Å². The molecule has 0 amide bonds. The average Bonchev–Trinajstić information content (AvgIpc) is 3.75. The zero-order valence-corrected chi connectivity index (χ0v) is 25.7. The van der Waals surface area contributed by atoms with Gasteiger partial charge in [-0.15, -0.1) is 0 Å². The molecule has 6 rings (SSSR count). The number of nitrogens with zero attached hydrogens (tertiary/aromatic N) is 3. The Balaban J connectivity index is 1.29. The zero-order chi connectivity index (χ0) is 30.6. The van der Waals surface area contributed by atoms with Crippen molar-refractivity contribution in [3.63, 3.8) is 0 Å². The standard InChI is InChI=1S/C36H41N5O3/c1-4-33-28-14-6-7-15-34(28)44-17-16-40(33)23-24-10-8-11-25(18-24)26-12-9-13-27(19-26)41-35(30-20-29(30)32(37)22-38-3)31(21-39-41)36(42)43-5-2/h6-15,18-19,21-22,29-30,33,38H,4-5,16-17,20,23,37H2,1-3H3/b32-22-/t29?,30-,33?/m1/s1. The van der Waals surface area contributed by atoms with E-state index >= 15 is 0 Å². The number of hydrogen-bond donors (Lipinski definition) is 2. The third-order valence-corrected chi connectivity index (χ3v) is 8.66. The van der Waals surface area contributed by atoms with Crippen molar-refractivity contribution >= 4 is 5.97 Å². The minimum atomic E-state index is -0.355. The van der Waals surface area contributed by atoms with Crippen LogP contribution in [-0.2, 0) is 11.3 Å². The Bertz CT molecular complexity index is 1660. The van der Waals surface area contributed by atoms with E-state index in [-0.39, 0.29) is 17.8 Å². The van der Waals surface area contributed by atoms with E-state index in [9.17, 15) is 4.79 Å². The second-order valence-electron chi connectivity index (χ2n) is 11.5. The number of carbonyl (C=O) groups is 1. The topological polar surface area (TPSA) is 94.6 Å². The molecule has 0 spiro atoms. The van der Waals surface area contributed by atoms with Gasteiger partial charge in [-0.05, 0) is 60.7 Å². The van der Waals surface area contributed by atoms with Crippen LogP contribution < -0.4 is 15.8 Å². The number of nitrogens with one attached hydrogen (secondary N) is 1. The summed E-state index contributed by atoms with van der Waals surface area (Å²) in [5.41, 5.74) is 14.1. The minimum absolute atomic E-state index is 0.0859. The van der Waals surface area contributed by atoms with Crippen LogP contribution in [0, 0.1) is 5.92 Å². The molecule has 2 heterocycles. The van der Waals surface area contributed by atoms with Crippen molar-refractivity contribution in [3.05, 3.63) is 113 Å². The maximum Gasteiger partial charge on any atom is 0.341 e. The molecule has 2 aliphatic rings. The van der Waals surface area contributed by atoms with Crippen LogP contribution in [0.3, 0.4) is 0 Å². The summed E-state index contributed by atoms with van der Waals surface area (Å²) in [6, 6.07) is 25.8. The molecule has 2 unspecified atom stereocenters. The largest absolute Gasteiger partial charge is 0.492 e. The summed E-state index contributed by atoms with van der Waals surface area (Å²) < 4.78 is 13.4. The molecule has 1 aliphatic heterocycles. The zero-order valence-electron chi connectivity index (χ0n) is 25.7. The molecule has 0 bridgehead atoms. The Kier molecular flexibility index (Phi) is 8.70. The van der Waals surface area contributed by atoms with Gasteiger partial charge in [0.1, 0.15) is 17.9 Å². The van der Waals surface area contributed by atoms with Crippen molar-refractivity contribution < 1.29 is 14.3 Å². The molecule has 0 radical (unpaired) electrons. The number of rotatable bonds is 10. The second-order valence-corrected chi connectivity index (χ2v) is 11.5. The number of allylic oxidation sites excluding steroid dienone is 1. The first-order chi connectivity index (χ1) is 21.5. The van der Waals surface area contributed by atoms with Gasteiger partial charge >= 0.3 is 5.97 Å². The molecule has 4 aromatic rings. The van der Waals surface area contributed by atoms with E-state index in [1.807, 2.05) is 43.1 Å². The fourth-order valence-electron chi connectivity index (χ4n) is 6.51. The molecule has 1 aliphatic carbocycles. The highest BCUT2D eigenvalue weighted by molar-refractivity contribution is 5.91. The van der Waals surface area contributed by atoms with E-state index in [1.165, 1.54) is 11.1 Å². The highest BCUT2D eigenvalue weighted by Gasteiger charge is 2.45. The molecule has 1 aromatic heterocycles. The molecule has 1 saturated carbocycles. The maximum atomic E-state index is 12.9. The Morgan fingerprint density at radius 2 is 1.89 bits per heavy atom. The van der Waals surface area contributed by atoms with E-state index in [0.717, 1.165) is 59.9 Å². The fourth-order valence-corrected chi connectivity index (χ4v) is 6.51. The number of fused-ring (bicyclic) bond motifs is 1. The van der Waals surface area contributed by atoms with E-state index in [2.05, 4.69) is 76.8 Å². The second kappa shape index (κ2) is 13.0. The number of carbonyl (C=O) groups excluding carboxylic acids is 1. The van der Waals surface area contributed by atoms with Gasteiger partial charge in [0.15, 0.2) is 0 Å². The molecular weight excluding hydrogens is 550 g/mol. The number of hydrogen-bond acceptors (Lipinski definition) is 7. The van der Waals surface area contributed by atoms with Crippen molar-refractivity contribution in [2.24, 2.45) is 11.7 Å². The highest BCUT2D eigenvalue weighted by atomic mass is 16.5. The lowest BCUT2D eigenvalue weighted by Gasteiger charge is -2.29. The first kappa shape index (κ1) is 29.5. The van der Waals surface area contributed by atoms with Crippen LogP contribution in [0.1, 0.15) is 65.8 Å². The van der Waals surface area contributed by atoms with Crippen molar-refractivity contribution in [2.45, 2.75) is 45.2 Å². The number of para-hydroxylation sites is 1. The van der Waals surface area contributed by atoms with Crippen LogP contribution in [0.4, 0.5) is 0 Å².